The number of para-hydroxylation sites is 1. The number of nitro benzene ring substituents is 1. The van der Waals surface area contributed by atoms with Crippen molar-refractivity contribution >= 4 is 40.1 Å². The molecule has 0 atom stereocenters. The summed E-state index contributed by atoms with van der Waals surface area (Å²) in [4.78, 5) is 26.0. The Labute approximate surface area is 149 Å². The largest absolute Gasteiger partial charge is 0.361 e. The first-order valence-electron chi connectivity index (χ1n) is 7.66. The molecule has 0 fully saturated rings. The molecule has 3 rings (SSSR count). The summed E-state index contributed by atoms with van der Waals surface area (Å²) in [5, 5.41) is 12.7. The molecule has 3 aromatic rings. The van der Waals surface area contributed by atoms with Crippen LogP contribution in [0.3, 0.4) is 0 Å². The molecule has 0 aliphatic carbocycles. The third-order valence-corrected chi connectivity index (χ3v) is 4.26. The molecule has 1 aromatic heterocycles. The van der Waals surface area contributed by atoms with Crippen LogP contribution in [0.25, 0.3) is 17.0 Å². The standard InChI is InChI=1S/C19H15ClN2O3/c1-12(23)14(8-13-4-2-3-5-19(13)22(24)25)9-15-11-21-18-7-6-16(20)10-17(15)18/h2-8,10-11,21H,9H2,1H3/b14-8+. The van der Waals surface area contributed by atoms with E-state index in [0.717, 1.165) is 16.5 Å². The van der Waals surface area contributed by atoms with Gasteiger partial charge in [0.1, 0.15) is 0 Å². The highest BCUT2D eigenvalue weighted by Gasteiger charge is 2.15. The maximum absolute atomic E-state index is 12.1. The Morgan fingerprint density at radius 3 is 2.76 bits per heavy atom. The van der Waals surface area contributed by atoms with Gasteiger partial charge in [0, 0.05) is 40.2 Å². The molecule has 0 bridgehead atoms. The van der Waals surface area contributed by atoms with E-state index in [9.17, 15) is 14.9 Å². The minimum atomic E-state index is -0.449. The van der Waals surface area contributed by atoms with Crippen LogP contribution < -0.4 is 0 Å². The first kappa shape index (κ1) is 16.9. The number of aromatic nitrogens is 1. The van der Waals surface area contributed by atoms with Crippen molar-refractivity contribution in [3.05, 3.63) is 80.5 Å². The molecule has 126 valence electrons. The van der Waals surface area contributed by atoms with Crippen molar-refractivity contribution in [3.8, 4) is 0 Å². The maximum atomic E-state index is 12.1. The molecular formula is C19H15ClN2O3. The molecule has 25 heavy (non-hydrogen) atoms. The number of ketones is 1. The van der Waals surface area contributed by atoms with Gasteiger partial charge < -0.3 is 4.98 Å². The number of Topliss-reactive ketones (excluding diaryl/α,β-unsaturated/α-hetero) is 1. The summed E-state index contributed by atoms with van der Waals surface area (Å²) in [6.45, 7) is 1.46. The number of nitro groups is 1. The highest BCUT2D eigenvalue weighted by molar-refractivity contribution is 6.31. The molecule has 0 saturated carbocycles. The summed E-state index contributed by atoms with van der Waals surface area (Å²) in [7, 11) is 0. The zero-order valence-corrected chi connectivity index (χ0v) is 14.2. The quantitative estimate of drug-likeness (QED) is 0.400. The van der Waals surface area contributed by atoms with Gasteiger partial charge in [-0.3, -0.25) is 14.9 Å². The van der Waals surface area contributed by atoms with E-state index in [4.69, 9.17) is 11.6 Å². The third kappa shape index (κ3) is 3.61. The van der Waals surface area contributed by atoms with E-state index < -0.39 is 4.92 Å². The lowest BCUT2D eigenvalue weighted by Gasteiger charge is -2.05. The minimum absolute atomic E-state index is 0.0248. The molecule has 0 saturated heterocycles. The van der Waals surface area contributed by atoms with Crippen molar-refractivity contribution in [2.75, 3.05) is 0 Å². The molecule has 0 amide bonds. The molecule has 1 N–H and O–H groups in total. The van der Waals surface area contributed by atoms with Gasteiger partial charge in [-0.05, 0) is 42.8 Å². The van der Waals surface area contributed by atoms with Gasteiger partial charge in [-0.25, -0.2) is 0 Å². The van der Waals surface area contributed by atoms with Crippen molar-refractivity contribution in [1.29, 1.82) is 0 Å². The third-order valence-electron chi connectivity index (χ3n) is 4.03. The second-order valence-electron chi connectivity index (χ2n) is 5.72. The normalized spacial score (nSPS) is 11.7. The van der Waals surface area contributed by atoms with E-state index in [1.165, 1.54) is 13.0 Å². The van der Waals surface area contributed by atoms with Gasteiger partial charge in [0.25, 0.3) is 5.69 Å². The Morgan fingerprint density at radius 1 is 1.28 bits per heavy atom. The summed E-state index contributed by atoms with van der Waals surface area (Å²) < 4.78 is 0. The van der Waals surface area contributed by atoms with Gasteiger partial charge >= 0.3 is 0 Å². The monoisotopic (exact) mass is 354 g/mol. The Kier molecular flexibility index (Phi) is 4.67. The number of carbonyl (C=O) groups is 1. The number of benzene rings is 2. The predicted molar refractivity (Wildman–Crippen MR) is 98.8 cm³/mol. The SMILES string of the molecule is CC(=O)/C(=C/c1ccccc1[N+](=O)[O-])Cc1c[nH]c2ccc(Cl)cc12. The van der Waals surface area contributed by atoms with Crippen LogP contribution in [0.5, 0.6) is 0 Å². The Balaban J connectivity index is 2.04. The first-order chi connectivity index (χ1) is 12.0. The molecule has 6 heteroatoms. The van der Waals surface area contributed by atoms with Crippen molar-refractivity contribution in [2.24, 2.45) is 0 Å². The summed E-state index contributed by atoms with van der Waals surface area (Å²) in [5.41, 5.74) is 2.72. The van der Waals surface area contributed by atoms with E-state index in [2.05, 4.69) is 4.98 Å². The van der Waals surface area contributed by atoms with E-state index in [0.29, 0.717) is 22.6 Å². The highest BCUT2D eigenvalue weighted by Crippen LogP contribution is 2.27. The second-order valence-corrected chi connectivity index (χ2v) is 6.16. The van der Waals surface area contributed by atoms with Gasteiger partial charge in [-0.2, -0.15) is 0 Å². The second kappa shape index (κ2) is 6.91. The van der Waals surface area contributed by atoms with Crippen LogP contribution >= 0.6 is 11.6 Å². The van der Waals surface area contributed by atoms with Gasteiger partial charge in [0.2, 0.25) is 0 Å². The van der Waals surface area contributed by atoms with E-state index in [1.54, 1.807) is 30.3 Å². The van der Waals surface area contributed by atoms with Crippen molar-refractivity contribution in [3.63, 3.8) is 0 Å². The van der Waals surface area contributed by atoms with Crippen LogP contribution in [-0.2, 0) is 11.2 Å². The maximum Gasteiger partial charge on any atom is 0.276 e. The number of rotatable bonds is 5. The fourth-order valence-corrected chi connectivity index (χ4v) is 2.91. The lowest BCUT2D eigenvalue weighted by atomic mass is 9.99. The zero-order chi connectivity index (χ0) is 18.0. The van der Waals surface area contributed by atoms with Crippen LogP contribution in [0.1, 0.15) is 18.1 Å². The van der Waals surface area contributed by atoms with Gasteiger partial charge in [-0.15, -0.1) is 0 Å². The lowest BCUT2D eigenvalue weighted by molar-refractivity contribution is -0.385. The summed E-state index contributed by atoms with van der Waals surface area (Å²) in [5.74, 6) is -0.130. The summed E-state index contributed by atoms with van der Waals surface area (Å²) >= 11 is 6.06. The van der Waals surface area contributed by atoms with Crippen LogP contribution in [0.4, 0.5) is 5.69 Å². The molecule has 0 aliphatic rings. The average Bonchev–Trinajstić information content (AvgIpc) is 2.96. The van der Waals surface area contributed by atoms with Crippen molar-refractivity contribution in [1.82, 2.24) is 4.98 Å². The smallest absolute Gasteiger partial charge is 0.276 e. The van der Waals surface area contributed by atoms with Gasteiger partial charge in [0.05, 0.1) is 10.5 Å². The van der Waals surface area contributed by atoms with Crippen LogP contribution in [-0.4, -0.2) is 15.7 Å². The van der Waals surface area contributed by atoms with Gasteiger partial charge in [-0.1, -0.05) is 23.7 Å². The molecule has 0 radical (unpaired) electrons. The van der Waals surface area contributed by atoms with E-state index in [1.807, 2.05) is 18.3 Å². The Morgan fingerprint density at radius 2 is 2.04 bits per heavy atom. The number of carbonyl (C=O) groups excluding carboxylic acids is 1. The van der Waals surface area contributed by atoms with Crippen LogP contribution in [0.15, 0.2) is 54.2 Å². The number of fused-ring (bicyclic) bond motifs is 1. The molecule has 0 unspecified atom stereocenters. The summed E-state index contributed by atoms with van der Waals surface area (Å²) in [6, 6.07) is 11.9. The summed E-state index contributed by atoms with van der Waals surface area (Å²) in [6.07, 6.45) is 3.78. The number of hydrogen-bond acceptors (Lipinski definition) is 3. The molecule has 5 nitrogen and oxygen atoms in total. The fourth-order valence-electron chi connectivity index (χ4n) is 2.74. The Bertz CT molecular complexity index is 1000. The van der Waals surface area contributed by atoms with Crippen LogP contribution in [0.2, 0.25) is 5.02 Å². The number of nitrogens with one attached hydrogen (secondary N) is 1. The van der Waals surface area contributed by atoms with Crippen molar-refractivity contribution < 1.29 is 9.72 Å². The molecule has 1 heterocycles. The number of H-pyrrole nitrogens is 1. The van der Waals surface area contributed by atoms with E-state index in [-0.39, 0.29) is 11.5 Å². The van der Waals surface area contributed by atoms with Crippen molar-refractivity contribution in [2.45, 2.75) is 13.3 Å². The zero-order valence-electron chi connectivity index (χ0n) is 13.5. The average molecular weight is 355 g/mol. The number of halogens is 1. The molecule has 2 aromatic carbocycles. The number of aromatic amines is 1. The first-order valence-corrected chi connectivity index (χ1v) is 8.04. The molecule has 0 spiro atoms. The van der Waals surface area contributed by atoms with Crippen LogP contribution in [0, 0.1) is 10.1 Å². The topological polar surface area (TPSA) is 76.0 Å². The number of nitrogens with zero attached hydrogens (tertiary/aromatic N) is 1. The van der Waals surface area contributed by atoms with Gasteiger partial charge in [0.15, 0.2) is 5.78 Å². The predicted octanol–water partition coefficient (Wildman–Crippen LogP) is 4.94. The van der Waals surface area contributed by atoms with E-state index >= 15 is 0 Å². The lowest BCUT2D eigenvalue weighted by Crippen LogP contribution is -2.01. The highest BCUT2D eigenvalue weighted by atomic mass is 35.5. The number of allylic oxidation sites excluding steroid dienone is 1. The minimum Gasteiger partial charge on any atom is -0.361 e. The Hall–Kier alpha value is -2.92. The fraction of sp³-hybridized carbons (Fsp3) is 0.105. The molecule has 0 aliphatic heterocycles. The number of hydrogen-bond donors (Lipinski definition) is 1. The molecular weight excluding hydrogens is 340 g/mol.